The molecule has 1 aromatic heterocycles. The second-order valence-electron chi connectivity index (χ2n) is 5.77. The smallest absolute Gasteiger partial charge is 0.106 e. The molecule has 0 bridgehead atoms. The quantitative estimate of drug-likeness (QED) is 0.828. The highest BCUT2D eigenvalue weighted by Crippen LogP contribution is 2.69. The Balaban J connectivity index is 2.02. The molecule has 2 heteroatoms. The van der Waals surface area contributed by atoms with Gasteiger partial charge in [0.05, 0.1) is 12.4 Å². The highest BCUT2D eigenvalue weighted by molar-refractivity contribution is 5.16. The van der Waals surface area contributed by atoms with Crippen LogP contribution in [0.5, 0.6) is 0 Å². The topological polar surface area (TPSA) is 33.4 Å². The summed E-state index contributed by atoms with van der Waals surface area (Å²) in [6.45, 7) is 8.90. The molecule has 1 saturated carbocycles. The zero-order chi connectivity index (χ0) is 11.3. The van der Waals surface area contributed by atoms with Gasteiger partial charge in [0.25, 0.3) is 0 Å². The number of aliphatic hydroxyl groups excluding tert-OH is 1. The first-order valence-electron chi connectivity index (χ1n) is 5.58. The predicted octanol–water partition coefficient (Wildman–Crippen LogP) is 2.87. The Morgan fingerprint density at radius 1 is 1.33 bits per heavy atom. The zero-order valence-corrected chi connectivity index (χ0v) is 9.95. The number of rotatable bonds is 3. The Bertz CT molecular complexity index is 321. The van der Waals surface area contributed by atoms with E-state index >= 15 is 0 Å². The van der Waals surface area contributed by atoms with E-state index in [0.29, 0.717) is 12.3 Å². The van der Waals surface area contributed by atoms with Crippen molar-refractivity contribution in [3.8, 4) is 0 Å². The fourth-order valence-electron chi connectivity index (χ4n) is 2.96. The lowest BCUT2D eigenvalue weighted by atomic mass is 10.0. The Labute approximate surface area is 91.3 Å². The SMILES string of the molecule is CC1(C)C(C(O)Cc2ccco2)C1(C)C. The van der Waals surface area contributed by atoms with E-state index in [1.54, 1.807) is 6.26 Å². The van der Waals surface area contributed by atoms with Crippen LogP contribution < -0.4 is 0 Å². The van der Waals surface area contributed by atoms with Crippen molar-refractivity contribution in [3.05, 3.63) is 24.2 Å². The first kappa shape index (κ1) is 10.7. The van der Waals surface area contributed by atoms with Crippen LogP contribution in [0.1, 0.15) is 33.5 Å². The summed E-state index contributed by atoms with van der Waals surface area (Å²) < 4.78 is 5.26. The van der Waals surface area contributed by atoms with Gasteiger partial charge in [-0.05, 0) is 28.9 Å². The van der Waals surface area contributed by atoms with Crippen LogP contribution in [0.25, 0.3) is 0 Å². The number of furan rings is 1. The van der Waals surface area contributed by atoms with Crippen LogP contribution in [-0.4, -0.2) is 11.2 Å². The van der Waals surface area contributed by atoms with Crippen LogP contribution in [-0.2, 0) is 6.42 Å². The Kier molecular flexibility index (Phi) is 2.23. The van der Waals surface area contributed by atoms with Crippen molar-refractivity contribution in [2.45, 2.75) is 40.2 Å². The first-order valence-corrected chi connectivity index (χ1v) is 5.58. The average Bonchev–Trinajstić information content (AvgIpc) is 2.53. The first-order chi connectivity index (χ1) is 6.87. The third-order valence-electron chi connectivity index (χ3n) is 4.51. The summed E-state index contributed by atoms with van der Waals surface area (Å²) >= 11 is 0. The van der Waals surface area contributed by atoms with Crippen molar-refractivity contribution < 1.29 is 9.52 Å². The molecule has 2 rings (SSSR count). The van der Waals surface area contributed by atoms with Gasteiger partial charge in [0.1, 0.15) is 5.76 Å². The summed E-state index contributed by atoms with van der Waals surface area (Å²) in [6.07, 6.45) is 2.00. The molecule has 0 aliphatic heterocycles. The van der Waals surface area contributed by atoms with Crippen LogP contribution in [0.3, 0.4) is 0 Å². The van der Waals surface area contributed by atoms with Gasteiger partial charge in [0.15, 0.2) is 0 Å². The molecule has 0 saturated heterocycles. The molecule has 0 radical (unpaired) electrons. The number of hydrogen-bond acceptors (Lipinski definition) is 2. The van der Waals surface area contributed by atoms with Crippen molar-refractivity contribution in [2.75, 3.05) is 0 Å². The van der Waals surface area contributed by atoms with Gasteiger partial charge in [0, 0.05) is 6.42 Å². The maximum absolute atomic E-state index is 10.2. The standard InChI is InChI=1S/C13H20O2/c1-12(2)11(13(12,3)4)10(14)8-9-6-5-7-15-9/h5-7,10-11,14H,8H2,1-4H3. The molecule has 0 amide bonds. The molecule has 1 atom stereocenters. The maximum atomic E-state index is 10.2. The Hall–Kier alpha value is -0.760. The normalized spacial score (nSPS) is 25.1. The van der Waals surface area contributed by atoms with Crippen LogP contribution in [0.4, 0.5) is 0 Å². The molecule has 1 fully saturated rings. The molecule has 0 aromatic carbocycles. The summed E-state index contributed by atoms with van der Waals surface area (Å²) in [6, 6.07) is 3.79. The molecule has 1 aliphatic carbocycles. The second-order valence-corrected chi connectivity index (χ2v) is 5.77. The molecular formula is C13H20O2. The van der Waals surface area contributed by atoms with E-state index in [1.165, 1.54) is 0 Å². The molecule has 1 heterocycles. The fraction of sp³-hybridized carbons (Fsp3) is 0.692. The summed E-state index contributed by atoms with van der Waals surface area (Å²) in [4.78, 5) is 0. The molecule has 2 nitrogen and oxygen atoms in total. The summed E-state index contributed by atoms with van der Waals surface area (Å²) in [5.41, 5.74) is 0.470. The maximum Gasteiger partial charge on any atom is 0.106 e. The van der Waals surface area contributed by atoms with Crippen molar-refractivity contribution in [1.29, 1.82) is 0 Å². The van der Waals surface area contributed by atoms with Crippen LogP contribution >= 0.6 is 0 Å². The van der Waals surface area contributed by atoms with Crippen molar-refractivity contribution in [2.24, 2.45) is 16.7 Å². The molecule has 84 valence electrons. The molecule has 1 aliphatic rings. The van der Waals surface area contributed by atoms with Crippen LogP contribution in [0.2, 0.25) is 0 Å². The fourth-order valence-corrected chi connectivity index (χ4v) is 2.96. The lowest BCUT2D eigenvalue weighted by Gasteiger charge is -2.10. The highest BCUT2D eigenvalue weighted by atomic mass is 16.3. The van der Waals surface area contributed by atoms with Crippen LogP contribution in [0, 0.1) is 16.7 Å². The third kappa shape index (κ3) is 1.51. The Morgan fingerprint density at radius 2 is 1.93 bits per heavy atom. The van der Waals surface area contributed by atoms with Gasteiger partial charge < -0.3 is 9.52 Å². The van der Waals surface area contributed by atoms with E-state index in [1.807, 2.05) is 12.1 Å². The molecule has 1 aromatic rings. The predicted molar refractivity (Wildman–Crippen MR) is 59.5 cm³/mol. The zero-order valence-electron chi connectivity index (χ0n) is 9.95. The lowest BCUT2D eigenvalue weighted by Crippen LogP contribution is -2.17. The van der Waals surface area contributed by atoms with Gasteiger partial charge in [-0.3, -0.25) is 0 Å². The van der Waals surface area contributed by atoms with Gasteiger partial charge >= 0.3 is 0 Å². The van der Waals surface area contributed by atoms with Crippen LogP contribution in [0.15, 0.2) is 22.8 Å². The summed E-state index contributed by atoms with van der Waals surface area (Å²) in [7, 11) is 0. The van der Waals surface area contributed by atoms with Gasteiger partial charge in [-0.25, -0.2) is 0 Å². The van der Waals surface area contributed by atoms with E-state index in [9.17, 15) is 5.11 Å². The van der Waals surface area contributed by atoms with E-state index in [4.69, 9.17) is 4.42 Å². The molecule has 15 heavy (non-hydrogen) atoms. The van der Waals surface area contributed by atoms with E-state index in [-0.39, 0.29) is 16.9 Å². The molecule has 0 spiro atoms. The second kappa shape index (κ2) is 3.11. The van der Waals surface area contributed by atoms with Gasteiger partial charge in [-0.15, -0.1) is 0 Å². The van der Waals surface area contributed by atoms with E-state index in [0.717, 1.165) is 5.76 Å². The van der Waals surface area contributed by atoms with Gasteiger partial charge in [-0.2, -0.15) is 0 Å². The number of aliphatic hydroxyl groups is 1. The molecule has 1 unspecified atom stereocenters. The average molecular weight is 208 g/mol. The molecule has 1 N–H and O–H groups in total. The monoisotopic (exact) mass is 208 g/mol. The Morgan fingerprint density at radius 3 is 2.33 bits per heavy atom. The van der Waals surface area contributed by atoms with E-state index < -0.39 is 0 Å². The molecular weight excluding hydrogens is 188 g/mol. The minimum atomic E-state index is -0.291. The highest BCUT2D eigenvalue weighted by Gasteiger charge is 2.66. The minimum Gasteiger partial charge on any atom is -0.469 e. The number of hydrogen-bond donors (Lipinski definition) is 1. The minimum absolute atomic E-state index is 0.235. The van der Waals surface area contributed by atoms with Crippen molar-refractivity contribution >= 4 is 0 Å². The summed E-state index contributed by atoms with van der Waals surface area (Å²) in [5.74, 6) is 1.25. The third-order valence-corrected chi connectivity index (χ3v) is 4.51. The lowest BCUT2D eigenvalue weighted by molar-refractivity contribution is 0.123. The van der Waals surface area contributed by atoms with E-state index in [2.05, 4.69) is 27.7 Å². The van der Waals surface area contributed by atoms with Gasteiger partial charge in [-0.1, -0.05) is 27.7 Å². The van der Waals surface area contributed by atoms with Crippen molar-refractivity contribution in [3.63, 3.8) is 0 Å². The largest absolute Gasteiger partial charge is 0.469 e. The van der Waals surface area contributed by atoms with Crippen molar-refractivity contribution in [1.82, 2.24) is 0 Å². The summed E-state index contributed by atoms with van der Waals surface area (Å²) in [5, 5.41) is 10.2. The van der Waals surface area contributed by atoms with Gasteiger partial charge in [0.2, 0.25) is 0 Å².